The van der Waals surface area contributed by atoms with E-state index in [-0.39, 0.29) is 6.04 Å². The minimum Gasteiger partial charge on any atom is -0.308 e. The highest BCUT2D eigenvalue weighted by Gasteiger charge is 2.21. The molecule has 1 aromatic carbocycles. The van der Waals surface area contributed by atoms with Crippen LogP contribution in [0.5, 0.6) is 0 Å². The van der Waals surface area contributed by atoms with Crippen LogP contribution in [0.4, 0.5) is 0 Å². The van der Waals surface area contributed by atoms with E-state index in [4.69, 9.17) is 34.8 Å². The molecular formula is C14H16Cl3N3. The lowest BCUT2D eigenvalue weighted by Crippen LogP contribution is -2.22. The third-order valence-electron chi connectivity index (χ3n) is 3.05. The summed E-state index contributed by atoms with van der Waals surface area (Å²) in [5.41, 5.74) is 1.89. The summed E-state index contributed by atoms with van der Waals surface area (Å²) in [4.78, 5) is 0. The predicted molar refractivity (Wildman–Crippen MR) is 84.9 cm³/mol. The molecule has 1 heterocycles. The fourth-order valence-corrected chi connectivity index (χ4v) is 3.05. The molecule has 1 atom stereocenters. The highest BCUT2D eigenvalue weighted by Crippen LogP contribution is 2.31. The van der Waals surface area contributed by atoms with E-state index in [1.54, 1.807) is 12.3 Å². The van der Waals surface area contributed by atoms with Gasteiger partial charge in [0.1, 0.15) is 0 Å². The van der Waals surface area contributed by atoms with E-state index in [1.807, 2.05) is 23.9 Å². The molecule has 1 unspecified atom stereocenters. The second-order valence-corrected chi connectivity index (χ2v) is 5.81. The van der Waals surface area contributed by atoms with Crippen molar-refractivity contribution in [2.45, 2.75) is 25.9 Å². The molecule has 2 aromatic rings. The number of halogens is 3. The lowest BCUT2D eigenvalue weighted by Gasteiger charge is -2.19. The number of nitrogens with zero attached hydrogens (tertiary/aromatic N) is 2. The highest BCUT2D eigenvalue weighted by molar-refractivity contribution is 6.34. The van der Waals surface area contributed by atoms with Crippen LogP contribution in [0, 0.1) is 0 Å². The Morgan fingerprint density at radius 1 is 1.20 bits per heavy atom. The average Bonchev–Trinajstić information content (AvgIpc) is 2.72. The average molecular weight is 333 g/mol. The molecule has 0 spiro atoms. The predicted octanol–water partition coefficient (Wildman–Crippen LogP) is 4.56. The van der Waals surface area contributed by atoms with E-state index < -0.39 is 0 Å². The van der Waals surface area contributed by atoms with E-state index in [0.29, 0.717) is 15.1 Å². The third-order valence-corrected chi connectivity index (χ3v) is 3.78. The van der Waals surface area contributed by atoms with Gasteiger partial charge in [0.05, 0.1) is 23.0 Å². The van der Waals surface area contributed by atoms with Gasteiger partial charge in [-0.1, -0.05) is 41.7 Å². The maximum Gasteiger partial charge on any atom is 0.0837 e. The van der Waals surface area contributed by atoms with Gasteiger partial charge in [-0.2, -0.15) is 5.10 Å². The highest BCUT2D eigenvalue weighted by atomic mass is 35.5. The zero-order chi connectivity index (χ0) is 14.7. The summed E-state index contributed by atoms with van der Waals surface area (Å²) in [6.07, 6.45) is 2.65. The van der Waals surface area contributed by atoms with Crippen LogP contribution >= 0.6 is 34.8 Å². The van der Waals surface area contributed by atoms with Gasteiger partial charge in [0.25, 0.3) is 0 Å². The van der Waals surface area contributed by atoms with Gasteiger partial charge in [0, 0.05) is 16.6 Å². The Kier molecular flexibility index (Phi) is 5.33. The molecule has 20 heavy (non-hydrogen) atoms. The molecule has 0 fully saturated rings. The van der Waals surface area contributed by atoms with Gasteiger partial charge in [-0.3, -0.25) is 4.68 Å². The van der Waals surface area contributed by atoms with Gasteiger partial charge in [-0.05, 0) is 37.2 Å². The molecule has 3 nitrogen and oxygen atoms in total. The molecule has 2 rings (SSSR count). The summed E-state index contributed by atoms with van der Waals surface area (Å²) in [5, 5.41) is 9.41. The quantitative estimate of drug-likeness (QED) is 0.869. The number of aromatic nitrogens is 2. The first-order valence-electron chi connectivity index (χ1n) is 6.41. The largest absolute Gasteiger partial charge is 0.308 e. The maximum absolute atomic E-state index is 6.29. The van der Waals surface area contributed by atoms with Crippen molar-refractivity contribution in [2.75, 3.05) is 7.05 Å². The molecule has 0 radical (unpaired) electrons. The third kappa shape index (κ3) is 3.29. The van der Waals surface area contributed by atoms with Gasteiger partial charge < -0.3 is 5.32 Å². The molecule has 0 bridgehead atoms. The number of nitrogens with one attached hydrogen (secondary N) is 1. The van der Waals surface area contributed by atoms with Crippen molar-refractivity contribution >= 4 is 34.8 Å². The summed E-state index contributed by atoms with van der Waals surface area (Å²) >= 11 is 18.5. The zero-order valence-electron chi connectivity index (χ0n) is 11.3. The topological polar surface area (TPSA) is 29.9 Å². The van der Waals surface area contributed by atoms with Gasteiger partial charge in [0.2, 0.25) is 0 Å². The Morgan fingerprint density at radius 3 is 2.40 bits per heavy atom. The molecule has 1 N–H and O–H groups in total. The van der Waals surface area contributed by atoms with Gasteiger partial charge in [-0.25, -0.2) is 0 Å². The van der Waals surface area contributed by atoms with Crippen molar-refractivity contribution < 1.29 is 0 Å². The molecule has 0 saturated carbocycles. The Bertz CT molecular complexity index is 575. The summed E-state index contributed by atoms with van der Waals surface area (Å²) in [6, 6.07) is 5.37. The number of benzene rings is 1. The molecule has 6 heteroatoms. The van der Waals surface area contributed by atoms with Gasteiger partial charge in [-0.15, -0.1) is 0 Å². The van der Waals surface area contributed by atoms with Crippen LogP contribution in [0.2, 0.25) is 15.1 Å². The Hall–Kier alpha value is -0.740. The molecular weight excluding hydrogens is 317 g/mol. The molecule has 0 aliphatic rings. The number of aryl methyl sites for hydroxylation is 1. The van der Waals surface area contributed by atoms with E-state index in [1.165, 1.54) is 0 Å². The van der Waals surface area contributed by atoms with Gasteiger partial charge in [0.15, 0.2) is 0 Å². The molecule has 108 valence electrons. The fraction of sp³-hybridized carbons (Fsp3) is 0.357. The molecule has 0 saturated heterocycles. The lowest BCUT2D eigenvalue weighted by atomic mass is 10.0. The normalized spacial score (nSPS) is 12.7. The number of hydrogen-bond acceptors (Lipinski definition) is 2. The van der Waals surface area contributed by atoms with Crippen molar-refractivity contribution in [3.8, 4) is 0 Å². The van der Waals surface area contributed by atoms with Crippen LogP contribution in [0.1, 0.15) is 30.6 Å². The second-order valence-electron chi connectivity index (χ2n) is 4.53. The summed E-state index contributed by atoms with van der Waals surface area (Å²) in [6.45, 7) is 2.92. The van der Waals surface area contributed by atoms with E-state index >= 15 is 0 Å². The van der Waals surface area contributed by atoms with Gasteiger partial charge >= 0.3 is 0 Å². The second kappa shape index (κ2) is 6.81. The van der Waals surface area contributed by atoms with Crippen LogP contribution in [-0.2, 0) is 6.54 Å². The first-order chi connectivity index (χ1) is 9.56. The summed E-state index contributed by atoms with van der Waals surface area (Å²) in [5.74, 6) is 0. The zero-order valence-corrected chi connectivity index (χ0v) is 13.6. The first kappa shape index (κ1) is 15.6. The van der Waals surface area contributed by atoms with E-state index in [9.17, 15) is 0 Å². The van der Waals surface area contributed by atoms with Crippen molar-refractivity contribution in [3.63, 3.8) is 0 Å². The van der Waals surface area contributed by atoms with Crippen molar-refractivity contribution in [3.05, 3.63) is 50.7 Å². The smallest absolute Gasteiger partial charge is 0.0837 e. The standard InChI is InChI=1S/C14H16Cl3N3/c1-3-4-20-14(12(17)8-19-20)13(18-2)9-5-10(15)7-11(16)6-9/h5-8,13,18H,3-4H2,1-2H3. The van der Waals surface area contributed by atoms with Crippen LogP contribution in [0.3, 0.4) is 0 Å². The maximum atomic E-state index is 6.29. The molecule has 1 aromatic heterocycles. The summed E-state index contributed by atoms with van der Waals surface area (Å²) in [7, 11) is 1.87. The minimum atomic E-state index is -0.104. The number of hydrogen-bond donors (Lipinski definition) is 1. The van der Waals surface area contributed by atoms with Crippen molar-refractivity contribution in [2.24, 2.45) is 0 Å². The van der Waals surface area contributed by atoms with Crippen LogP contribution < -0.4 is 5.32 Å². The molecule has 0 amide bonds. The SMILES string of the molecule is CCCn1ncc(Cl)c1C(NC)c1cc(Cl)cc(Cl)c1. The molecule has 0 aliphatic heterocycles. The Labute approximate surface area is 133 Å². The fourth-order valence-electron chi connectivity index (χ4n) is 2.25. The lowest BCUT2D eigenvalue weighted by molar-refractivity contribution is 0.535. The van der Waals surface area contributed by atoms with Crippen LogP contribution in [0.25, 0.3) is 0 Å². The van der Waals surface area contributed by atoms with Crippen LogP contribution in [0.15, 0.2) is 24.4 Å². The monoisotopic (exact) mass is 331 g/mol. The van der Waals surface area contributed by atoms with E-state index in [2.05, 4.69) is 17.3 Å². The molecule has 0 aliphatic carbocycles. The summed E-state index contributed by atoms with van der Waals surface area (Å²) < 4.78 is 1.91. The van der Waals surface area contributed by atoms with Crippen molar-refractivity contribution in [1.29, 1.82) is 0 Å². The van der Waals surface area contributed by atoms with Crippen molar-refractivity contribution in [1.82, 2.24) is 15.1 Å². The van der Waals surface area contributed by atoms with E-state index in [0.717, 1.165) is 24.2 Å². The minimum absolute atomic E-state index is 0.104. The Balaban J connectivity index is 2.49. The Morgan fingerprint density at radius 2 is 1.85 bits per heavy atom. The number of rotatable bonds is 5. The first-order valence-corrected chi connectivity index (χ1v) is 7.54. The van der Waals surface area contributed by atoms with Crippen LogP contribution in [-0.4, -0.2) is 16.8 Å².